The number of halogens is 1. The largest absolute Gasteiger partial charge is 0.465 e. The number of para-hydroxylation sites is 1. The third kappa shape index (κ3) is 5.27. The predicted molar refractivity (Wildman–Crippen MR) is 107 cm³/mol. The quantitative estimate of drug-likeness (QED) is 0.443. The van der Waals surface area contributed by atoms with E-state index in [2.05, 4.69) is 25.6 Å². The van der Waals surface area contributed by atoms with Crippen molar-refractivity contribution in [2.75, 3.05) is 23.5 Å². The van der Waals surface area contributed by atoms with Gasteiger partial charge in [-0.3, -0.25) is 4.79 Å². The van der Waals surface area contributed by atoms with Gasteiger partial charge in [-0.15, -0.1) is 10.2 Å². The minimum Gasteiger partial charge on any atom is -0.465 e. The van der Waals surface area contributed by atoms with Crippen molar-refractivity contribution in [2.45, 2.75) is 4.34 Å². The number of nitrogens with one attached hydrogen (secondary N) is 2. The summed E-state index contributed by atoms with van der Waals surface area (Å²) in [6, 6.07) is 12.6. The van der Waals surface area contributed by atoms with E-state index < -0.39 is 5.97 Å². The average molecular weight is 418 g/mol. The van der Waals surface area contributed by atoms with Gasteiger partial charge < -0.3 is 15.4 Å². The molecule has 0 aliphatic heterocycles. The molecule has 144 valence electrons. The highest BCUT2D eigenvalue weighted by atomic mass is 32.2. The summed E-state index contributed by atoms with van der Waals surface area (Å²) in [7, 11) is 1.31. The molecular formula is C18H15FN4O3S2. The number of esters is 1. The fraction of sp³-hybridized carbons (Fsp3) is 0.111. The number of thioether (sulfide) groups is 1. The van der Waals surface area contributed by atoms with Crippen LogP contribution in [0.5, 0.6) is 0 Å². The number of methoxy groups -OCH3 is 1. The molecule has 2 aromatic carbocycles. The minimum atomic E-state index is -0.440. The number of anilines is 3. The Bertz CT molecular complexity index is 979. The molecule has 0 aliphatic rings. The highest BCUT2D eigenvalue weighted by Gasteiger charge is 2.11. The van der Waals surface area contributed by atoms with Crippen LogP contribution in [0.2, 0.25) is 0 Å². The maximum atomic E-state index is 13.6. The van der Waals surface area contributed by atoms with Gasteiger partial charge in [0.1, 0.15) is 5.82 Å². The molecule has 0 unspecified atom stereocenters. The monoisotopic (exact) mass is 418 g/mol. The number of benzene rings is 2. The first kappa shape index (κ1) is 19.8. The normalized spacial score (nSPS) is 10.4. The van der Waals surface area contributed by atoms with Crippen LogP contribution in [-0.2, 0) is 9.53 Å². The number of hydrogen-bond acceptors (Lipinski definition) is 8. The molecule has 0 atom stereocenters. The Balaban J connectivity index is 1.50. The Morgan fingerprint density at radius 2 is 1.89 bits per heavy atom. The van der Waals surface area contributed by atoms with Crippen molar-refractivity contribution in [3.8, 4) is 0 Å². The van der Waals surface area contributed by atoms with E-state index >= 15 is 0 Å². The number of hydrogen-bond donors (Lipinski definition) is 2. The molecule has 3 rings (SSSR count). The second kappa shape index (κ2) is 9.29. The van der Waals surface area contributed by atoms with Gasteiger partial charge in [0, 0.05) is 5.69 Å². The highest BCUT2D eigenvalue weighted by Crippen LogP contribution is 2.28. The lowest BCUT2D eigenvalue weighted by Gasteiger charge is -2.05. The van der Waals surface area contributed by atoms with Gasteiger partial charge in [-0.1, -0.05) is 35.2 Å². The van der Waals surface area contributed by atoms with Gasteiger partial charge >= 0.3 is 5.97 Å². The smallest absolute Gasteiger partial charge is 0.337 e. The molecule has 1 aromatic heterocycles. The number of nitrogens with zero attached hydrogens (tertiary/aromatic N) is 2. The SMILES string of the molecule is COC(=O)c1ccc(NC(=O)CSc2nnc(Nc3ccccc3F)s2)cc1. The number of rotatable bonds is 7. The molecule has 3 aromatic rings. The van der Waals surface area contributed by atoms with Crippen LogP contribution in [0.25, 0.3) is 0 Å². The number of amides is 1. The summed E-state index contributed by atoms with van der Waals surface area (Å²) in [5.74, 6) is -0.920. The summed E-state index contributed by atoms with van der Waals surface area (Å²) < 4.78 is 18.8. The Kier molecular flexibility index (Phi) is 6.56. The van der Waals surface area contributed by atoms with Crippen LogP contribution in [0.4, 0.5) is 20.9 Å². The molecule has 0 aliphatic carbocycles. The van der Waals surface area contributed by atoms with E-state index in [4.69, 9.17) is 0 Å². The summed E-state index contributed by atoms with van der Waals surface area (Å²) in [5.41, 5.74) is 1.28. The molecule has 1 heterocycles. The van der Waals surface area contributed by atoms with Gasteiger partial charge in [0.25, 0.3) is 0 Å². The van der Waals surface area contributed by atoms with Crippen LogP contribution in [0.1, 0.15) is 10.4 Å². The average Bonchev–Trinajstić information content (AvgIpc) is 3.15. The Morgan fingerprint density at radius 1 is 1.14 bits per heavy atom. The van der Waals surface area contributed by atoms with Crippen molar-refractivity contribution in [3.63, 3.8) is 0 Å². The molecule has 7 nitrogen and oxygen atoms in total. The van der Waals surface area contributed by atoms with Crippen molar-refractivity contribution in [2.24, 2.45) is 0 Å². The van der Waals surface area contributed by atoms with Crippen LogP contribution in [0.3, 0.4) is 0 Å². The molecule has 0 fully saturated rings. The molecule has 2 N–H and O–H groups in total. The number of carbonyl (C=O) groups excluding carboxylic acids is 2. The summed E-state index contributed by atoms with van der Waals surface area (Å²) >= 11 is 2.44. The lowest BCUT2D eigenvalue weighted by Crippen LogP contribution is -2.14. The summed E-state index contributed by atoms with van der Waals surface area (Å²) in [5, 5.41) is 13.9. The van der Waals surface area contributed by atoms with E-state index in [1.807, 2.05) is 0 Å². The van der Waals surface area contributed by atoms with Crippen molar-refractivity contribution >= 4 is 51.5 Å². The second-order valence-corrected chi connectivity index (χ2v) is 7.58. The maximum absolute atomic E-state index is 13.6. The summed E-state index contributed by atoms with van der Waals surface area (Å²) in [6.07, 6.45) is 0. The second-order valence-electron chi connectivity index (χ2n) is 5.38. The maximum Gasteiger partial charge on any atom is 0.337 e. The zero-order chi connectivity index (χ0) is 19.9. The van der Waals surface area contributed by atoms with Crippen LogP contribution in [-0.4, -0.2) is 34.9 Å². The first-order valence-corrected chi connectivity index (χ1v) is 9.81. The third-order valence-corrected chi connectivity index (χ3v) is 5.41. The lowest BCUT2D eigenvalue weighted by molar-refractivity contribution is -0.113. The zero-order valence-electron chi connectivity index (χ0n) is 14.6. The lowest BCUT2D eigenvalue weighted by atomic mass is 10.2. The predicted octanol–water partition coefficient (Wildman–Crippen LogP) is 3.94. The Hall–Kier alpha value is -2.98. The highest BCUT2D eigenvalue weighted by molar-refractivity contribution is 8.01. The van der Waals surface area contributed by atoms with Gasteiger partial charge in [0.15, 0.2) is 4.34 Å². The first-order valence-electron chi connectivity index (χ1n) is 8.01. The number of aromatic nitrogens is 2. The molecule has 28 heavy (non-hydrogen) atoms. The molecule has 10 heteroatoms. The van der Waals surface area contributed by atoms with Crippen molar-refractivity contribution in [1.82, 2.24) is 10.2 Å². The topological polar surface area (TPSA) is 93.2 Å². The number of carbonyl (C=O) groups is 2. The van der Waals surface area contributed by atoms with Gasteiger partial charge in [-0.2, -0.15) is 0 Å². The van der Waals surface area contributed by atoms with Gasteiger partial charge in [-0.05, 0) is 36.4 Å². The first-order chi connectivity index (χ1) is 13.5. The zero-order valence-corrected chi connectivity index (χ0v) is 16.3. The van der Waals surface area contributed by atoms with Crippen molar-refractivity contribution in [3.05, 3.63) is 59.9 Å². The van der Waals surface area contributed by atoms with Crippen LogP contribution in [0.15, 0.2) is 52.9 Å². The van der Waals surface area contributed by atoms with E-state index in [0.29, 0.717) is 26.4 Å². The Labute approximate surface area is 168 Å². The van der Waals surface area contributed by atoms with E-state index in [0.717, 1.165) is 0 Å². The van der Waals surface area contributed by atoms with Crippen LogP contribution >= 0.6 is 23.1 Å². The van der Waals surface area contributed by atoms with E-state index in [1.54, 1.807) is 42.5 Å². The van der Waals surface area contributed by atoms with E-state index in [1.165, 1.54) is 36.3 Å². The summed E-state index contributed by atoms with van der Waals surface area (Å²) in [6.45, 7) is 0. The number of ether oxygens (including phenoxy) is 1. The fourth-order valence-electron chi connectivity index (χ4n) is 2.13. The van der Waals surface area contributed by atoms with Crippen LogP contribution < -0.4 is 10.6 Å². The van der Waals surface area contributed by atoms with Gasteiger partial charge in [-0.25, -0.2) is 9.18 Å². The molecule has 0 saturated heterocycles. The Morgan fingerprint density at radius 3 is 2.61 bits per heavy atom. The van der Waals surface area contributed by atoms with E-state index in [9.17, 15) is 14.0 Å². The van der Waals surface area contributed by atoms with Crippen molar-refractivity contribution < 1.29 is 18.7 Å². The molecule has 1 amide bonds. The standard InChI is InChI=1S/C18H15FN4O3S2/c1-26-16(25)11-6-8-12(9-7-11)20-15(24)10-27-18-23-22-17(28-18)21-14-5-3-2-4-13(14)19/h2-9H,10H2,1H3,(H,20,24)(H,21,22). The minimum absolute atomic E-state index is 0.132. The molecule has 0 saturated carbocycles. The molecule has 0 spiro atoms. The molecular weight excluding hydrogens is 403 g/mol. The van der Waals surface area contributed by atoms with Crippen LogP contribution in [0, 0.1) is 5.82 Å². The third-order valence-electron chi connectivity index (χ3n) is 3.44. The molecule has 0 radical (unpaired) electrons. The van der Waals surface area contributed by atoms with E-state index in [-0.39, 0.29) is 17.5 Å². The van der Waals surface area contributed by atoms with Gasteiger partial charge in [0.05, 0.1) is 24.1 Å². The summed E-state index contributed by atoms with van der Waals surface area (Å²) in [4.78, 5) is 23.5. The molecule has 0 bridgehead atoms. The fourth-order valence-corrected chi connectivity index (χ4v) is 3.69. The van der Waals surface area contributed by atoms with Gasteiger partial charge in [0.2, 0.25) is 11.0 Å². The van der Waals surface area contributed by atoms with Crippen molar-refractivity contribution in [1.29, 1.82) is 0 Å².